The predicted octanol–water partition coefficient (Wildman–Crippen LogP) is 0.389. The van der Waals surface area contributed by atoms with Crippen molar-refractivity contribution in [2.75, 3.05) is 32.7 Å². The maximum atomic E-state index is 12.1. The second-order valence-corrected chi connectivity index (χ2v) is 5.20. The number of nitrogens with one attached hydrogen (secondary N) is 1. The lowest BCUT2D eigenvalue weighted by molar-refractivity contribution is -0.119. The molecule has 0 bridgehead atoms. The molecule has 5 nitrogen and oxygen atoms in total. The summed E-state index contributed by atoms with van der Waals surface area (Å²) in [4.78, 5) is 14.4. The number of nitrogens with zero attached hydrogens (tertiary/aromatic N) is 3. The average Bonchev–Trinajstić information content (AvgIpc) is 2.59. The molecule has 0 amide bonds. The van der Waals surface area contributed by atoms with Gasteiger partial charge in [0.2, 0.25) is 0 Å². The van der Waals surface area contributed by atoms with Gasteiger partial charge in [-0.15, -0.1) is 0 Å². The van der Waals surface area contributed by atoms with E-state index in [2.05, 4.69) is 22.2 Å². The maximum absolute atomic E-state index is 12.1. The van der Waals surface area contributed by atoms with Gasteiger partial charge in [-0.1, -0.05) is 6.92 Å². The number of ketones is 1. The SMILES string of the molecule is CCc1cc(CC(=O)CN2CCCNCC2)n(C)n1. The topological polar surface area (TPSA) is 50.2 Å². The minimum absolute atomic E-state index is 0.285. The Kier molecular flexibility index (Phi) is 5.10. The number of rotatable bonds is 5. The summed E-state index contributed by atoms with van der Waals surface area (Å²) in [5.74, 6) is 0.285. The van der Waals surface area contributed by atoms with E-state index in [1.54, 1.807) is 0 Å². The van der Waals surface area contributed by atoms with E-state index in [-0.39, 0.29) is 5.78 Å². The lowest BCUT2D eigenvalue weighted by Crippen LogP contribution is -2.33. The van der Waals surface area contributed by atoms with E-state index >= 15 is 0 Å². The first-order valence-electron chi connectivity index (χ1n) is 7.15. The van der Waals surface area contributed by atoms with Crippen molar-refractivity contribution in [3.05, 3.63) is 17.5 Å². The molecule has 1 aliphatic rings. The molecule has 0 saturated carbocycles. The van der Waals surface area contributed by atoms with Crippen LogP contribution in [0.4, 0.5) is 0 Å². The zero-order valence-electron chi connectivity index (χ0n) is 12.0. The first kappa shape index (κ1) is 14.2. The molecule has 0 aromatic carbocycles. The lowest BCUT2D eigenvalue weighted by Gasteiger charge is -2.18. The van der Waals surface area contributed by atoms with Crippen molar-refractivity contribution in [3.8, 4) is 0 Å². The van der Waals surface area contributed by atoms with Crippen molar-refractivity contribution in [3.63, 3.8) is 0 Å². The molecule has 1 fully saturated rings. The van der Waals surface area contributed by atoms with Gasteiger partial charge < -0.3 is 5.32 Å². The largest absolute Gasteiger partial charge is 0.315 e. The molecule has 0 atom stereocenters. The summed E-state index contributed by atoms with van der Waals surface area (Å²) in [6.07, 6.45) is 2.53. The smallest absolute Gasteiger partial charge is 0.152 e. The molecule has 0 spiro atoms. The molecule has 5 heteroatoms. The fourth-order valence-electron chi connectivity index (χ4n) is 2.48. The summed E-state index contributed by atoms with van der Waals surface area (Å²) in [5.41, 5.74) is 2.08. The Bertz CT molecular complexity index is 419. The van der Waals surface area contributed by atoms with Gasteiger partial charge in [0.1, 0.15) is 0 Å². The number of aromatic nitrogens is 2. The van der Waals surface area contributed by atoms with Crippen LogP contribution in [0.5, 0.6) is 0 Å². The third-order valence-electron chi connectivity index (χ3n) is 3.60. The van der Waals surface area contributed by atoms with Gasteiger partial charge in [-0.2, -0.15) is 5.10 Å². The summed E-state index contributed by atoms with van der Waals surface area (Å²) in [7, 11) is 1.91. The fraction of sp³-hybridized carbons (Fsp3) is 0.714. The molecule has 1 aromatic rings. The van der Waals surface area contributed by atoms with Crippen LogP contribution in [-0.4, -0.2) is 53.2 Å². The Hall–Kier alpha value is -1.20. The summed E-state index contributed by atoms with van der Waals surface area (Å²) >= 11 is 0. The Morgan fingerprint density at radius 3 is 3.00 bits per heavy atom. The first-order chi connectivity index (χ1) is 9.19. The molecule has 2 heterocycles. The second-order valence-electron chi connectivity index (χ2n) is 5.20. The lowest BCUT2D eigenvalue weighted by atomic mass is 10.2. The Balaban J connectivity index is 1.87. The molecule has 0 unspecified atom stereocenters. The van der Waals surface area contributed by atoms with Gasteiger partial charge in [0.05, 0.1) is 12.2 Å². The van der Waals surface area contributed by atoms with E-state index in [0.29, 0.717) is 13.0 Å². The van der Waals surface area contributed by atoms with Gasteiger partial charge in [-0.25, -0.2) is 0 Å². The van der Waals surface area contributed by atoms with Crippen LogP contribution in [0.2, 0.25) is 0 Å². The summed E-state index contributed by atoms with van der Waals surface area (Å²) in [6.45, 7) is 6.68. The van der Waals surface area contributed by atoms with Crippen molar-refractivity contribution >= 4 is 5.78 Å². The van der Waals surface area contributed by atoms with Gasteiger partial charge in [0.25, 0.3) is 0 Å². The van der Waals surface area contributed by atoms with E-state index in [4.69, 9.17) is 0 Å². The number of carbonyl (C=O) groups excluding carboxylic acids is 1. The Morgan fingerprint density at radius 2 is 2.26 bits per heavy atom. The van der Waals surface area contributed by atoms with Crippen molar-refractivity contribution in [2.24, 2.45) is 7.05 Å². The maximum Gasteiger partial charge on any atom is 0.152 e. The molecule has 106 valence electrons. The highest BCUT2D eigenvalue weighted by molar-refractivity contribution is 5.82. The summed E-state index contributed by atoms with van der Waals surface area (Å²) < 4.78 is 1.83. The van der Waals surface area contributed by atoms with E-state index in [1.165, 1.54) is 0 Å². The highest BCUT2D eigenvalue weighted by atomic mass is 16.1. The third-order valence-corrected chi connectivity index (χ3v) is 3.60. The molecule has 1 saturated heterocycles. The van der Waals surface area contributed by atoms with E-state index < -0.39 is 0 Å². The highest BCUT2D eigenvalue weighted by Gasteiger charge is 2.14. The van der Waals surface area contributed by atoms with Crippen LogP contribution in [-0.2, 0) is 24.7 Å². The van der Waals surface area contributed by atoms with Gasteiger partial charge in [-0.3, -0.25) is 14.4 Å². The van der Waals surface area contributed by atoms with Crippen LogP contribution >= 0.6 is 0 Å². The van der Waals surface area contributed by atoms with Crippen molar-refractivity contribution in [1.29, 1.82) is 0 Å². The number of hydrogen-bond acceptors (Lipinski definition) is 4. The Labute approximate surface area is 115 Å². The molecule has 1 aliphatic heterocycles. The zero-order valence-corrected chi connectivity index (χ0v) is 12.0. The molecular formula is C14H24N4O. The van der Waals surface area contributed by atoms with Crippen molar-refractivity contribution in [2.45, 2.75) is 26.2 Å². The molecule has 0 radical (unpaired) electrons. The normalized spacial score (nSPS) is 17.4. The number of hydrogen-bond donors (Lipinski definition) is 1. The van der Waals surface area contributed by atoms with Crippen LogP contribution in [0.1, 0.15) is 24.7 Å². The Morgan fingerprint density at radius 1 is 1.42 bits per heavy atom. The van der Waals surface area contributed by atoms with Crippen LogP contribution in [0.3, 0.4) is 0 Å². The second kappa shape index (κ2) is 6.82. The molecule has 2 rings (SSSR count). The van der Waals surface area contributed by atoms with Gasteiger partial charge in [0, 0.05) is 32.3 Å². The fourth-order valence-corrected chi connectivity index (χ4v) is 2.48. The summed E-state index contributed by atoms with van der Waals surface area (Å²) in [6, 6.07) is 2.04. The van der Waals surface area contributed by atoms with Gasteiger partial charge >= 0.3 is 0 Å². The molecular weight excluding hydrogens is 240 g/mol. The van der Waals surface area contributed by atoms with Crippen molar-refractivity contribution < 1.29 is 4.79 Å². The van der Waals surface area contributed by atoms with Crippen LogP contribution < -0.4 is 5.32 Å². The molecule has 1 N–H and O–H groups in total. The minimum atomic E-state index is 0.285. The number of Topliss-reactive ketones (excluding diaryl/α,β-unsaturated/α-hetero) is 1. The van der Waals surface area contributed by atoms with E-state index in [9.17, 15) is 4.79 Å². The molecule has 0 aliphatic carbocycles. The van der Waals surface area contributed by atoms with Gasteiger partial charge in [0.15, 0.2) is 5.78 Å². The van der Waals surface area contributed by atoms with E-state index in [1.807, 2.05) is 17.8 Å². The average molecular weight is 264 g/mol. The number of carbonyl (C=O) groups is 1. The molecule has 19 heavy (non-hydrogen) atoms. The predicted molar refractivity (Wildman–Crippen MR) is 75.2 cm³/mol. The van der Waals surface area contributed by atoms with Crippen molar-refractivity contribution in [1.82, 2.24) is 20.0 Å². The van der Waals surface area contributed by atoms with Crippen LogP contribution in [0.25, 0.3) is 0 Å². The van der Waals surface area contributed by atoms with Crippen LogP contribution in [0, 0.1) is 0 Å². The van der Waals surface area contributed by atoms with E-state index in [0.717, 1.165) is 50.4 Å². The highest BCUT2D eigenvalue weighted by Crippen LogP contribution is 2.06. The van der Waals surface area contributed by atoms with Crippen LogP contribution in [0.15, 0.2) is 6.07 Å². The third kappa shape index (κ3) is 4.14. The quantitative estimate of drug-likeness (QED) is 0.836. The number of aryl methyl sites for hydroxylation is 2. The first-order valence-corrected chi connectivity index (χ1v) is 7.15. The molecule has 1 aromatic heterocycles. The standard InChI is InChI=1S/C14H24N4O/c1-3-12-9-13(17(2)16-12)10-14(19)11-18-7-4-5-15-6-8-18/h9,15H,3-8,10-11H2,1-2H3. The zero-order chi connectivity index (χ0) is 13.7. The summed E-state index contributed by atoms with van der Waals surface area (Å²) in [5, 5.41) is 7.74. The van der Waals surface area contributed by atoms with Gasteiger partial charge in [-0.05, 0) is 32.0 Å². The minimum Gasteiger partial charge on any atom is -0.315 e. The monoisotopic (exact) mass is 264 g/mol.